The summed E-state index contributed by atoms with van der Waals surface area (Å²) in [6.07, 6.45) is 2.96. The number of aryl methyl sites for hydroxylation is 1. The highest BCUT2D eigenvalue weighted by Gasteiger charge is 2.05. The summed E-state index contributed by atoms with van der Waals surface area (Å²) in [5, 5.41) is 0.631. The van der Waals surface area contributed by atoms with Crippen molar-refractivity contribution in [1.82, 2.24) is 10.9 Å². The number of halogens is 1. The second-order valence-electron chi connectivity index (χ2n) is 4.70. The van der Waals surface area contributed by atoms with Crippen LogP contribution in [0.5, 0.6) is 0 Å². The molecule has 0 fully saturated rings. The van der Waals surface area contributed by atoms with E-state index >= 15 is 0 Å². The van der Waals surface area contributed by atoms with Crippen LogP contribution in [0.2, 0.25) is 5.02 Å². The van der Waals surface area contributed by atoms with Gasteiger partial charge in [-0.3, -0.25) is 20.4 Å². The first kappa shape index (κ1) is 15.8. The van der Waals surface area contributed by atoms with Crippen LogP contribution in [-0.2, 0) is 4.79 Å². The van der Waals surface area contributed by atoms with Gasteiger partial charge in [0.15, 0.2) is 0 Å². The van der Waals surface area contributed by atoms with Gasteiger partial charge in [0.05, 0.1) is 0 Å². The number of hydrazine groups is 1. The lowest BCUT2D eigenvalue weighted by Crippen LogP contribution is -2.40. The molecule has 0 heterocycles. The summed E-state index contributed by atoms with van der Waals surface area (Å²) in [7, 11) is 0. The monoisotopic (exact) mass is 314 g/mol. The average Bonchev–Trinajstić information content (AvgIpc) is 2.52. The van der Waals surface area contributed by atoms with Gasteiger partial charge in [-0.15, -0.1) is 0 Å². The van der Waals surface area contributed by atoms with Crippen molar-refractivity contribution in [2.75, 3.05) is 0 Å². The summed E-state index contributed by atoms with van der Waals surface area (Å²) in [5.74, 6) is -0.784. The fourth-order valence-corrected chi connectivity index (χ4v) is 1.89. The standard InChI is InChI=1S/C17H15ClN2O2/c1-12-3-2-4-14(11-12)17(22)20-19-16(21)10-7-13-5-8-15(18)9-6-13/h2-11H,1H3,(H,19,21)(H,20,22). The maximum absolute atomic E-state index is 11.8. The number of nitrogens with one attached hydrogen (secondary N) is 2. The van der Waals surface area contributed by atoms with E-state index in [0.29, 0.717) is 10.6 Å². The second kappa shape index (κ2) is 7.43. The van der Waals surface area contributed by atoms with E-state index in [1.54, 1.807) is 48.5 Å². The molecule has 0 aliphatic heterocycles. The van der Waals surface area contributed by atoms with Crippen LogP contribution in [0.1, 0.15) is 21.5 Å². The highest BCUT2D eigenvalue weighted by molar-refractivity contribution is 6.30. The molecule has 2 aromatic rings. The zero-order valence-corrected chi connectivity index (χ0v) is 12.7. The summed E-state index contributed by atoms with van der Waals surface area (Å²) in [5.41, 5.74) is 6.99. The number of hydrogen-bond donors (Lipinski definition) is 2. The van der Waals surface area contributed by atoms with Crippen molar-refractivity contribution >= 4 is 29.5 Å². The Kier molecular flexibility index (Phi) is 5.33. The number of amides is 2. The zero-order valence-electron chi connectivity index (χ0n) is 12.0. The van der Waals surface area contributed by atoms with Crippen LogP contribution in [0.4, 0.5) is 0 Å². The van der Waals surface area contributed by atoms with E-state index in [0.717, 1.165) is 11.1 Å². The first-order chi connectivity index (χ1) is 10.5. The van der Waals surface area contributed by atoms with E-state index in [1.165, 1.54) is 6.08 Å². The van der Waals surface area contributed by atoms with Gasteiger partial charge in [0.1, 0.15) is 0 Å². The Morgan fingerprint density at radius 1 is 1.05 bits per heavy atom. The van der Waals surface area contributed by atoms with Crippen LogP contribution < -0.4 is 10.9 Å². The first-order valence-electron chi connectivity index (χ1n) is 6.65. The van der Waals surface area contributed by atoms with Crippen LogP contribution in [0, 0.1) is 6.92 Å². The molecule has 0 aliphatic carbocycles. The predicted octanol–water partition coefficient (Wildman–Crippen LogP) is 3.12. The maximum Gasteiger partial charge on any atom is 0.269 e. The molecule has 0 radical (unpaired) electrons. The third-order valence-corrected chi connectivity index (χ3v) is 3.13. The number of rotatable bonds is 3. The lowest BCUT2D eigenvalue weighted by Gasteiger charge is -2.05. The van der Waals surface area contributed by atoms with Gasteiger partial charge >= 0.3 is 0 Å². The molecule has 0 saturated heterocycles. The van der Waals surface area contributed by atoms with Crippen LogP contribution in [-0.4, -0.2) is 11.8 Å². The number of benzene rings is 2. The van der Waals surface area contributed by atoms with Crippen molar-refractivity contribution in [3.8, 4) is 0 Å². The summed E-state index contributed by atoms with van der Waals surface area (Å²) in [6.45, 7) is 1.89. The molecule has 2 rings (SSSR count). The Labute approximate surface area is 133 Å². The van der Waals surface area contributed by atoms with Crippen molar-refractivity contribution in [2.45, 2.75) is 6.92 Å². The van der Waals surface area contributed by atoms with Gasteiger partial charge in [-0.05, 0) is 42.8 Å². The molecule has 22 heavy (non-hydrogen) atoms. The van der Waals surface area contributed by atoms with Crippen molar-refractivity contribution in [2.24, 2.45) is 0 Å². The molecule has 2 aromatic carbocycles. The number of carbonyl (C=O) groups excluding carboxylic acids is 2. The predicted molar refractivity (Wildman–Crippen MR) is 87.3 cm³/mol. The lowest BCUT2D eigenvalue weighted by atomic mass is 10.1. The number of hydrogen-bond acceptors (Lipinski definition) is 2. The summed E-state index contributed by atoms with van der Waals surface area (Å²) < 4.78 is 0. The minimum atomic E-state index is -0.420. The Balaban J connectivity index is 1.87. The molecule has 2 N–H and O–H groups in total. The van der Waals surface area contributed by atoms with E-state index in [9.17, 15) is 9.59 Å². The minimum absolute atomic E-state index is 0.364. The molecule has 0 saturated carbocycles. The second-order valence-corrected chi connectivity index (χ2v) is 5.13. The Hall–Kier alpha value is -2.59. The van der Waals surface area contributed by atoms with E-state index in [2.05, 4.69) is 10.9 Å². The highest BCUT2D eigenvalue weighted by Crippen LogP contribution is 2.10. The molecule has 0 aromatic heterocycles. The molecule has 0 atom stereocenters. The van der Waals surface area contributed by atoms with Crippen LogP contribution in [0.15, 0.2) is 54.6 Å². The van der Waals surface area contributed by atoms with Gasteiger partial charge in [0, 0.05) is 16.7 Å². The van der Waals surface area contributed by atoms with Gasteiger partial charge < -0.3 is 0 Å². The first-order valence-corrected chi connectivity index (χ1v) is 7.03. The van der Waals surface area contributed by atoms with Crippen molar-refractivity contribution in [1.29, 1.82) is 0 Å². The van der Waals surface area contributed by atoms with Crippen molar-refractivity contribution in [3.05, 3.63) is 76.3 Å². The quantitative estimate of drug-likeness (QED) is 0.675. The van der Waals surface area contributed by atoms with E-state index < -0.39 is 5.91 Å². The topological polar surface area (TPSA) is 58.2 Å². The van der Waals surface area contributed by atoms with Crippen LogP contribution in [0.3, 0.4) is 0 Å². The summed E-state index contributed by atoms with van der Waals surface area (Å²) >= 11 is 5.78. The average molecular weight is 315 g/mol. The van der Waals surface area contributed by atoms with E-state index in [1.807, 2.05) is 13.0 Å². The molecule has 112 valence electrons. The third kappa shape index (κ3) is 4.75. The summed E-state index contributed by atoms with van der Waals surface area (Å²) in [6, 6.07) is 14.1. The normalized spacial score (nSPS) is 10.5. The number of carbonyl (C=O) groups is 2. The largest absolute Gasteiger partial charge is 0.269 e. The maximum atomic E-state index is 11.8. The fourth-order valence-electron chi connectivity index (χ4n) is 1.76. The Morgan fingerprint density at radius 3 is 2.45 bits per heavy atom. The van der Waals surface area contributed by atoms with Crippen molar-refractivity contribution < 1.29 is 9.59 Å². The molecule has 0 spiro atoms. The van der Waals surface area contributed by atoms with Crippen molar-refractivity contribution in [3.63, 3.8) is 0 Å². The van der Waals surface area contributed by atoms with E-state index in [4.69, 9.17) is 11.6 Å². The van der Waals surface area contributed by atoms with Gasteiger partial charge in [0.25, 0.3) is 11.8 Å². The molecule has 2 amide bonds. The molecule has 5 heteroatoms. The lowest BCUT2D eigenvalue weighted by molar-refractivity contribution is -0.117. The van der Waals surface area contributed by atoms with Gasteiger partial charge in [0.2, 0.25) is 0 Å². The molecule has 0 bridgehead atoms. The Bertz CT molecular complexity index is 709. The van der Waals surface area contributed by atoms with Gasteiger partial charge in [-0.25, -0.2) is 0 Å². The van der Waals surface area contributed by atoms with Gasteiger partial charge in [-0.1, -0.05) is 41.4 Å². The molecule has 4 nitrogen and oxygen atoms in total. The third-order valence-electron chi connectivity index (χ3n) is 2.88. The fraction of sp³-hybridized carbons (Fsp3) is 0.0588. The smallest absolute Gasteiger partial charge is 0.268 e. The van der Waals surface area contributed by atoms with E-state index in [-0.39, 0.29) is 5.91 Å². The van der Waals surface area contributed by atoms with Crippen LogP contribution >= 0.6 is 11.6 Å². The highest BCUT2D eigenvalue weighted by atomic mass is 35.5. The summed E-state index contributed by atoms with van der Waals surface area (Å²) in [4.78, 5) is 23.5. The van der Waals surface area contributed by atoms with Crippen LogP contribution in [0.25, 0.3) is 6.08 Å². The molecule has 0 aliphatic rings. The molecular weight excluding hydrogens is 300 g/mol. The SMILES string of the molecule is Cc1cccc(C(=O)NNC(=O)C=Cc2ccc(Cl)cc2)c1. The van der Waals surface area contributed by atoms with Gasteiger partial charge in [-0.2, -0.15) is 0 Å². The zero-order chi connectivity index (χ0) is 15.9. The molecular formula is C17H15ClN2O2. The molecule has 0 unspecified atom stereocenters. The Morgan fingerprint density at radius 2 is 1.77 bits per heavy atom. The minimum Gasteiger partial charge on any atom is -0.268 e.